The number of halogens is 4. The maximum absolute atomic E-state index is 12.9. The first-order valence-electron chi connectivity index (χ1n) is 9.77. The molecule has 1 aliphatic rings. The number of ether oxygens (including phenoxy) is 3. The fourth-order valence-corrected chi connectivity index (χ4v) is 3.76. The zero-order valence-corrected chi connectivity index (χ0v) is 18.8. The summed E-state index contributed by atoms with van der Waals surface area (Å²) in [4.78, 5) is 18.9. The summed E-state index contributed by atoms with van der Waals surface area (Å²) < 4.78 is 50.9. The van der Waals surface area contributed by atoms with E-state index in [1.54, 1.807) is 23.1 Å². The van der Waals surface area contributed by atoms with E-state index in [-0.39, 0.29) is 24.0 Å². The van der Waals surface area contributed by atoms with Gasteiger partial charge in [0.25, 0.3) is 5.91 Å². The molecule has 1 saturated heterocycles. The number of carbonyl (C=O) groups excluding carboxylic acids is 1. The number of hydrogen-bond acceptors (Lipinski definition) is 6. The summed E-state index contributed by atoms with van der Waals surface area (Å²) in [5.74, 6) is 0.165. The molecule has 7 nitrogen and oxygen atoms in total. The lowest BCUT2D eigenvalue weighted by Crippen LogP contribution is -2.45. The molecule has 1 N–H and O–H groups in total. The Morgan fingerprint density at radius 1 is 1.19 bits per heavy atom. The van der Waals surface area contributed by atoms with Gasteiger partial charge in [-0.05, 0) is 59.1 Å². The van der Waals surface area contributed by atoms with E-state index < -0.39 is 18.6 Å². The van der Waals surface area contributed by atoms with Crippen LogP contribution in [0.2, 0.25) is 0 Å². The first-order chi connectivity index (χ1) is 15.1. The van der Waals surface area contributed by atoms with E-state index in [0.29, 0.717) is 41.8 Å². The second-order valence-corrected chi connectivity index (χ2v) is 7.99. The van der Waals surface area contributed by atoms with Crippen molar-refractivity contribution in [2.45, 2.75) is 24.8 Å². The molecule has 32 heavy (non-hydrogen) atoms. The first kappa shape index (κ1) is 24.3. The van der Waals surface area contributed by atoms with Gasteiger partial charge in [-0.3, -0.25) is 9.53 Å². The van der Waals surface area contributed by atoms with Gasteiger partial charge in [0.2, 0.25) is 0 Å². The van der Waals surface area contributed by atoms with E-state index in [1.165, 1.54) is 25.3 Å². The van der Waals surface area contributed by atoms with Gasteiger partial charge < -0.3 is 19.5 Å². The zero-order valence-electron chi connectivity index (χ0n) is 17.2. The van der Waals surface area contributed by atoms with Crippen molar-refractivity contribution in [3.8, 4) is 11.5 Å². The average Bonchev–Trinajstić information content (AvgIpc) is 2.76. The van der Waals surface area contributed by atoms with Crippen LogP contribution in [0.1, 0.15) is 28.9 Å². The number of aromatic nitrogens is 1. The molecule has 0 spiro atoms. The number of benzene rings is 1. The highest BCUT2D eigenvalue weighted by Crippen LogP contribution is 2.34. The van der Waals surface area contributed by atoms with Crippen molar-refractivity contribution in [3.05, 3.63) is 52.3 Å². The van der Waals surface area contributed by atoms with Crippen LogP contribution in [0.5, 0.6) is 11.5 Å². The highest BCUT2D eigenvalue weighted by molar-refractivity contribution is 9.10. The van der Waals surface area contributed by atoms with Crippen LogP contribution < -0.4 is 9.47 Å². The van der Waals surface area contributed by atoms with Crippen LogP contribution in [0, 0.1) is 0 Å². The number of methoxy groups -OCH3 is 1. The molecule has 1 amide bonds. The molecule has 2 heterocycles. The number of pyridine rings is 1. The largest absolute Gasteiger partial charge is 0.522 e. The minimum atomic E-state index is -4.72. The van der Waals surface area contributed by atoms with Crippen LogP contribution in [0.15, 0.2) is 41.0 Å². The van der Waals surface area contributed by atoms with Gasteiger partial charge in [-0.1, -0.05) is 6.07 Å². The molecule has 3 rings (SSSR count). The van der Waals surface area contributed by atoms with Crippen LogP contribution in [-0.4, -0.2) is 60.7 Å². The fourth-order valence-electron chi connectivity index (χ4n) is 3.41. The van der Waals surface area contributed by atoms with E-state index in [2.05, 4.69) is 25.7 Å². The summed E-state index contributed by atoms with van der Waals surface area (Å²) >= 11 is 3.30. The number of amides is 1. The van der Waals surface area contributed by atoms with Crippen molar-refractivity contribution in [2.75, 3.05) is 33.4 Å². The van der Waals surface area contributed by atoms with Gasteiger partial charge in [-0.15, -0.1) is 13.2 Å². The lowest BCUT2D eigenvalue weighted by Gasteiger charge is -2.38. The van der Waals surface area contributed by atoms with Gasteiger partial charge in [0.15, 0.2) is 11.5 Å². The molecule has 1 aliphatic heterocycles. The molecule has 0 bridgehead atoms. The standard InChI is InChI=1S/C21H22BrF3N2O5/c1-30-16-13-14(5-6-15(16)31-11-12-32-21(23,24)25)19(28)27-9-7-20(29,8-10-27)17-3-2-4-18(22)26-17/h2-6,13,29H,7-12H2,1H3. The SMILES string of the molecule is COc1cc(C(=O)N2CCC(O)(c3cccc(Br)n3)CC2)ccc1OCCOC(F)(F)F. The molecular weight excluding hydrogens is 497 g/mol. The van der Waals surface area contributed by atoms with Crippen molar-refractivity contribution in [1.82, 2.24) is 9.88 Å². The topological polar surface area (TPSA) is 81.1 Å². The molecule has 174 valence electrons. The smallest absolute Gasteiger partial charge is 0.493 e. The van der Waals surface area contributed by atoms with E-state index in [1.807, 2.05) is 0 Å². The summed E-state index contributed by atoms with van der Waals surface area (Å²) in [5.41, 5.74) is -0.225. The molecule has 0 aliphatic carbocycles. The molecule has 0 unspecified atom stereocenters. The van der Waals surface area contributed by atoms with E-state index in [0.717, 1.165) is 0 Å². The lowest BCUT2D eigenvalue weighted by atomic mass is 9.87. The third-order valence-electron chi connectivity index (χ3n) is 5.09. The number of nitrogens with zero attached hydrogens (tertiary/aromatic N) is 2. The van der Waals surface area contributed by atoms with Crippen molar-refractivity contribution >= 4 is 21.8 Å². The quantitative estimate of drug-likeness (QED) is 0.442. The Kier molecular flexibility index (Phi) is 7.63. The van der Waals surface area contributed by atoms with Gasteiger partial charge in [0.1, 0.15) is 16.8 Å². The van der Waals surface area contributed by atoms with Gasteiger partial charge >= 0.3 is 6.36 Å². The van der Waals surface area contributed by atoms with Crippen LogP contribution in [0.4, 0.5) is 13.2 Å². The van der Waals surface area contributed by atoms with E-state index in [9.17, 15) is 23.1 Å². The summed E-state index contributed by atoms with van der Waals surface area (Å²) in [6, 6.07) is 9.78. The molecule has 11 heteroatoms. The van der Waals surface area contributed by atoms with Crippen molar-refractivity contribution in [3.63, 3.8) is 0 Å². The highest BCUT2D eigenvalue weighted by atomic mass is 79.9. The maximum Gasteiger partial charge on any atom is 0.522 e. The molecule has 0 radical (unpaired) electrons. The number of rotatable bonds is 7. The van der Waals surface area contributed by atoms with Gasteiger partial charge in [-0.25, -0.2) is 4.98 Å². The van der Waals surface area contributed by atoms with Crippen molar-refractivity contribution in [2.24, 2.45) is 0 Å². The molecule has 0 atom stereocenters. The van der Waals surface area contributed by atoms with E-state index >= 15 is 0 Å². The maximum atomic E-state index is 12.9. The Balaban J connectivity index is 1.61. The number of piperidine rings is 1. The van der Waals surface area contributed by atoms with Crippen LogP contribution in [-0.2, 0) is 10.3 Å². The first-order valence-corrected chi connectivity index (χ1v) is 10.6. The monoisotopic (exact) mass is 518 g/mol. The van der Waals surface area contributed by atoms with Crippen molar-refractivity contribution in [1.29, 1.82) is 0 Å². The number of aliphatic hydroxyl groups is 1. The Morgan fingerprint density at radius 2 is 1.91 bits per heavy atom. The molecule has 1 aromatic heterocycles. The Hall–Kier alpha value is -2.37. The van der Waals surface area contributed by atoms with Gasteiger partial charge in [-0.2, -0.15) is 0 Å². The second kappa shape index (κ2) is 10.1. The molecule has 1 aromatic carbocycles. The predicted octanol–water partition coefficient (Wildman–Crippen LogP) is 3.89. The normalized spacial score (nSPS) is 16.0. The Morgan fingerprint density at radius 3 is 2.53 bits per heavy atom. The third kappa shape index (κ3) is 6.11. The number of alkyl halides is 3. The highest BCUT2D eigenvalue weighted by Gasteiger charge is 2.37. The third-order valence-corrected chi connectivity index (χ3v) is 5.53. The lowest BCUT2D eigenvalue weighted by molar-refractivity contribution is -0.325. The van der Waals surface area contributed by atoms with E-state index in [4.69, 9.17) is 9.47 Å². The number of carbonyl (C=O) groups is 1. The molecular formula is C21H22BrF3N2O5. The minimum absolute atomic E-state index is 0.198. The fraction of sp³-hybridized carbons (Fsp3) is 0.429. The second-order valence-electron chi connectivity index (χ2n) is 7.18. The summed E-state index contributed by atoms with van der Waals surface area (Å²) in [6.07, 6.45) is -4.06. The predicted molar refractivity (Wildman–Crippen MR) is 111 cm³/mol. The molecule has 0 saturated carbocycles. The summed E-state index contributed by atoms with van der Waals surface area (Å²) in [6.45, 7) is -0.341. The van der Waals surface area contributed by atoms with Gasteiger partial charge in [0.05, 0.1) is 19.4 Å². The average molecular weight is 519 g/mol. The molecule has 2 aromatic rings. The number of hydrogen-bond donors (Lipinski definition) is 1. The van der Waals surface area contributed by atoms with Gasteiger partial charge in [0, 0.05) is 18.7 Å². The van der Waals surface area contributed by atoms with Crippen molar-refractivity contribution < 1.29 is 37.3 Å². The Labute approximate surface area is 191 Å². The van der Waals surface area contributed by atoms with Crippen LogP contribution >= 0.6 is 15.9 Å². The zero-order chi connectivity index (χ0) is 23.4. The number of likely N-dealkylation sites (tertiary alicyclic amines) is 1. The molecule has 1 fully saturated rings. The van der Waals surface area contributed by atoms with Crippen LogP contribution in [0.25, 0.3) is 0 Å². The summed E-state index contributed by atoms with van der Waals surface area (Å²) in [5, 5.41) is 11.0. The minimum Gasteiger partial charge on any atom is -0.493 e. The Bertz CT molecular complexity index is 949. The van der Waals surface area contributed by atoms with Crippen LogP contribution in [0.3, 0.4) is 0 Å². The summed E-state index contributed by atoms with van der Waals surface area (Å²) in [7, 11) is 1.37.